The lowest BCUT2D eigenvalue weighted by molar-refractivity contribution is 0.195. The van der Waals surface area contributed by atoms with Gasteiger partial charge < -0.3 is 14.5 Å². The topological polar surface area (TPSA) is 39.3 Å². The van der Waals surface area contributed by atoms with E-state index in [1.54, 1.807) is 0 Å². The number of benzene rings is 7. The lowest BCUT2D eigenvalue weighted by Crippen LogP contribution is -2.18. The van der Waals surface area contributed by atoms with Gasteiger partial charge in [0.2, 0.25) is 0 Å². The molecule has 216 valence electrons. The van der Waals surface area contributed by atoms with Crippen molar-refractivity contribution >= 4 is 91.7 Å². The van der Waals surface area contributed by atoms with E-state index in [4.69, 9.17) is 9.15 Å². The number of thiophene rings is 1. The van der Waals surface area contributed by atoms with Gasteiger partial charge >= 0.3 is 0 Å². The van der Waals surface area contributed by atoms with E-state index in [1.165, 1.54) is 52.8 Å². The van der Waals surface area contributed by atoms with Crippen LogP contribution < -0.4 is 10.1 Å². The summed E-state index contributed by atoms with van der Waals surface area (Å²) in [7, 11) is 0. The van der Waals surface area contributed by atoms with E-state index >= 15 is 0 Å². The maximum absolute atomic E-state index is 6.93. The number of fused-ring (bicyclic) bond motifs is 13. The Labute approximate surface area is 266 Å². The fourth-order valence-electron chi connectivity index (χ4n) is 7.57. The van der Waals surface area contributed by atoms with E-state index in [-0.39, 0.29) is 0 Å². The molecule has 1 N–H and O–H groups in total. The van der Waals surface area contributed by atoms with Crippen molar-refractivity contribution in [1.82, 2.24) is 4.57 Å². The highest BCUT2D eigenvalue weighted by atomic mass is 32.1. The Morgan fingerprint density at radius 1 is 0.543 bits per heavy atom. The largest absolute Gasteiger partial charge is 0.456 e. The number of para-hydroxylation sites is 2. The number of ether oxygens (including phenoxy) is 1. The number of nitrogens with zero attached hydrogens (tertiary/aromatic N) is 1. The quantitative estimate of drug-likeness (QED) is 0.212. The van der Waals surface area contributed by atoms with Gasteiger partial charge in [-0.3, -0.25) is 4.57 Å². The Morgan fingerprint density at radius 3 is 2.30 bits per heavy atom. The van der Waals surface area contributed by atoms with Crippen LogP contribution in [-0.4, -0.2) is 4.57 Å². The van der Waals surface area contributed by atoms with E-state index in [0.717, 1.165) is 44.4 Å². The number of hydrogen-bond acceptors (Lipinski definition) is 4. The summed E-state index contributed by atoms with van der Waals surface area (Å²) in [5.74, 6) is 0.910. The first-order chi connectivity index (χ1) is 22.8. The maximum atomic E-state index is 6.93. The predicted molar refractivity (Wildman–Crippen MR) is 192 cm³/mol. The third kappa shape index (κ3) is 3.27. The van der Waals surface area contributed by atoms with Crippen LogP contribution in [0.4, 0.5) is 5.69 Å². The highest BCUT2D eigenvalue weighted by Gasteiger charge is 2.30. The van der Waals surface area contributed by atoms with Crippen LogP contribution in [0.15, 0.2) is 138 Å². The third-order valence-electron chi connectivity index (χ3n) is 9.63. The zero-order valence-corrected chi connectivity index (χ0v) is 25.3. The maximum Gasteiger partial charge on any atom is 0.255 e. The number of aromatic nitrogens is 1. The molecule has 0 amide bonds. The molecule has 5 heteroatoms. The van der Waals surface area contributed by atoms with E-state index < -0.39 is 6.35 Å². The van der Waals surface area contributed by atoms with Gasteiger partial charge in [-0.2, -0.15) is 0 Å². The van der Waals surface area contributed by atoms with Crippen molar-refractivity contribution in [2.45, 2.75) is 6.35 Å². The fraction of sp³-hybridized carbons (Fsp3) is 0.0244. The summed E-state index contributed by atoms with van der Waals surface area (Å²) in [6, 6.07) is 47.6. The summed E-state index contributed by atoms with van der Waals surface area (Å²) >= 11 is 1.82. The number of hydrogen-bond donors (Lipinski definition) is 1. The normalized spacial score (nSPS) is 14.7. The van der Waals surface area contributed by atoms with Gasteiger partial charge in [-0.05, 0) is 70.4 Å². The van der Waals surface area contributed by atoms with Crippen molar-refractivity contribution in [3.63, 3.8) is 0 Å². The fourth-order valence-corrected chi connectivity index (χ4v) is 8.71. The summed E-state index contributed by atoms with van der Waals surface area (Å²) in [4.78, 5) is 0. The second-order valence-corrected chi connectivity index (χ2v) is 13.2. The van der Waals surface area contributed by atoms with Crippen LogP contribution >= 0.6 is 11.3 Å². The highest BCUT2D eigenvalue weighted by molar-refractivity contribution is 7.26. The van der Waals surface area contributed by atoms with E-state index in [2.05, 4.69) is 131 Å². The minimum Gasteiger partial charge on any atom is -0.456 e. The number of nitrogens with one attached hydrogen (secondary N) is 1. The summed E-state index contributed by atoms with van der Waals surface area (Å²) in [5, 5.41) is 13.3. The van der Waals surface area contributed by atoms with Crippen molar-refractivity contribution < 1.29 is 9.15 Å². The van der Waals surface area contributed by atoms with Crippen LogP contribution in [0.5, 0.6) is 5.75 Å². The molecular weight excluding hydrogens is 585 g/mol. The van der Waals surface area contributed by atoms with Crippen molar-refractivity contribution in [3.05, 3.63) is 133 Å². The van der Waals surface area contributed by atoms with Gasteiger partial charge in [0.15, 0.2) is 5.75 Å². The molecule has 0 saturated heterocycles. The smallest absolute Gasteiger partial charge is 0.255 e. The molecule has 3 aromatic heterocycles. The van der Waals surface area contributed by atoms with Gasteiger partial charge in [0.1, 0.15) is 11.2 Å². The highest BCUT2D eigenvalue weighted by Crippen LogP contribution is 2.50. The number of anilines is 1. The molecular formula is C41H24N2O2S. The average Bonchev–Trinajstić information content (AvgIpc) is 3.86. The van der Waals surface area contributed by atoms with E-state index in [9.17, 15) is 0 Å². The van der Waals surface area contributed by atoms with Gasteiger partial charge in [0, 0.05) is 41.7 Å². The minimum atomic E-state index is -0.398. The lowest BCUT2D eigenvalue weighted by Gasteiger charge is -2.16. The molecule has 0 spiro atoms. The molecule has 0 saturated carbocycles. The molecule has 46 heavy (non-hydrogen) atoms. The van der Waals surface area contributed by atoms with Crippen LogP contribution in [0.2, 0.25) is 0 Å². The molecule has 1 atom stereocenters. The van der Waals surface area contributed by atoms with E-state index in [0.29, 0.717) is 0 Å². The standard InChI is InChI=1S/C41H24N2O2S/c1-2-8-24-21-25(14-13-23(24)7-1)26-15-16-29-36(22-26)46-35-20-17-30-40(39(29)35)45-41(42-30)43-31-11-5-3-9-27(31)37-32(43)18-19-34-38(37)28-10-4-6-12-33(28)44-34/h1-22,41-42H. The molecule has 7 aromatic carbocycles. The second-order valence-electron chi connectivity index (χ2n) is 12.1. The molecule has 4 heterocycles. The zero-order valence-electron chi connectivity index (χ0n) is 24.5. The molecule has 1 aliphatic heterocycles. The molecule has 0 fully saturated rings. The summed E-state index contributed by atoms with van der Waals surface area (Å²) < 4.78 is 18.0. The molecule has 0 aliphatic carbocycles. The lowest BCUT2D eigenvalue weighted by atomic mass is 10.00. The van der Waals surface area contributed by atoms with Crippen LogP contribution in [-0.2, 0) is 0 Å². The molecule has 1 unspecified atom stereocenters. The van der Waals surface area contributed by atoms with Crippen molar-refractivity contribution in [2.24, 2.45) is 0 Å². The number of rotatable bonds is 2. The van der Waals surface area contributed by atoms with Crippen LogP contribution in [0.3, 0.4) is 0 Å². The molecule has 11 rings (SSSR count). The van der Waals surface area contributed by atoms with Crippen molar-refractivity contribution in [3.8, 4) is 16.9 Å². The molecule has 0 bridgehead atoms. The summed E-state index contributed by atoms with van der Waals surface area (Å²) in [6.07, 6.45) is -0.398. The summed E-state index contributed by atoms with van der Waals surface area (Å²) in [5.41, 5.74) is 7.49. The SMILES string of the molecule is c1ccc2cc(-c3ccc4c(c3)sc3ccc5c(c34)OC(n3c4ccccc4c4c6c(ccc43)oc3ccccc36)N5)ccc2c1. The van der Waals surface area contributed by atoms with Gasteiger partial charge in [-0.1, -0.05) is 84.9 Å². The minimum absolute atomic E-state index is 0.398. The van der Waals surface area contributed by atoms with Gasteiger partial charge in [-0.15, -0.1) is 11.3 Å². The van der Waals surface area contributed by atoms with Gasteiger partial charge in [0.05, 0.1) is 16.7 Å². The number of furan rings is 1. The molecule has 4 nitrogen and oxygen atoms in total. The monoisotopic (exact) mass is 608 g/mol. The van der Waals surface area contributed by atoms with Crippen LogP contribution in [0.25, 0.3) is 85.8 Å². The average molecular weight is 609 g/mol. The second kappa shape index (κ2) is 8.90. The zero-order chi connectivity index (χ0) is 29.9. The first kappa shape index (κ1) is 24.5. The van der Waals surface area contributed by atoms with Crippen LogP contribution in [0, 0.1) is 0 Å². The third-order valence-corrected chi connectivity index (χ3v) is 10.7. The Balaban J connectivity index is 1.07. The Kier molecular flexibility index (Phi) is 4.75. The molecule has 0 radical (unpaired) electrons. The van der Waals surface area contributed by atoms with Crippen molar-refractivity contribution in [2.75, 3.05) is 5.32 Å². The summed E-state index contributed by atoms with van der Waals surface area (Å²) in [6.45, 7) is 0. The first-order valence-corrected chi connectivity index (χ1v) is 16.3. The van der Waals surface area contributed by atoms with E-state index in [1.807, 2.05) is 23.5 Å². The van der Waals surface area contributed by atoms with Gasteiger partial charge in [-0.25, -0.2) is 0 Å². The first-order valence-electron chi connectivity index (χ1n) is 15.5. The molecule has 1 aliphatic rings. The predicted octanol–water partition coefficient (Wildman–Crippen LogP) is 11.8. The Morgan fingerprint density at radius 2 is 1.35 bits per heavy atom. The molecule has 10 aromatic rings. The van der Waals surface area contributed by atoms with Crippen LogP contribution in [0.1, 0.15) is 6.35 Å². The van der Waals surface area contributed by atoms with Gasteiger partial charge in [0.25, 0.3) is 6.35 Å². The Hall–Kier alpha value is -5.78. The Bertz CT molecular complexity index is 2890. The van der Waals surface area contributed by atoms with Crippen molar-refractivity contribution in [1.29, 1.82) is 0 Å².